The van der Waals surface area contributed by atoms with Crippen molar-refractivity contribution in [2.75, 3.05) is 27.3 Å². The van der Waals surface area contributed by atoms with E-state index in [1.165, 1.54) is 0 Å². The van der Waals surface area contributed by atoms with E-state index in [2.05, 4.69) is 24.2 Å². The molecule has 4 heteroatoms. The molecule has 13 heavy (non-hydrogen) atoms. The molecule has 0 aromatic carbocycles. The van der Waals surface area contributed by atoms with E-state index in [1.807, 2.05) is 21.0 Å². The van der Waals surface area contributed by atoms with Gasteiger partial charge in [0.2, 0.25) is 0 Å². The molecule has 0 amide bonds. The van der Waals surface area contributed by atoms with Gasteiger partial charge in [0.25, 0.3) is 0 Å². The van der Waals surface area contributed by atoms with E-state index in [1.54, 1.807) is 0 Å². The summed E-state index contributed by atoms with van der Waals surface area (Å²) in [6.45, 7) is 7.61. The van der Waals surface area contributed by atoms with Crippen molar-refractivity contribution in [1.82, 2.24) is 10.3 Å². The van der Waals surface area contributed by atoms with Crippen LogP contribution in [-0.2, 0) is 4.74 Å². The first-order valence-electron chi connectivity index (χ1n) is 4.68. The van der Waals surface area contributed by atoms with Gasteiger partial charge in [-0.1, -0.05) is 0 Å². The van der Waals surface area contributed by atoms with E-state index in [-0.39, 0.29) is 11.6 Å². The average Bonchev–Trinajstić information content (AvgIpc) is 2.05. The molecule has 0 heterocycles. The van der Waals surface area contributed by atoms with Crippen LogP contribution in [0.15, 0.2) is 0 Å². The monoisotopic (exact) mass is 189 g/mol. The number of ether oxygens (including phenoxy) is 1. The summed E-state index contributed by atoms with van der Waals surface area (Å²) in [7, 11) is 4.08. The van der Waals surface area contributed by atoms with Crippen molar-refractivity contribution in [2.45, 2.75) is 32.4 Å². The number of nitrogens with one attached hydrogen (secondary N) is 1. The Morgan fingerprint density at radius 2 is 2.00 bits per heavy atom. The third kappa shape index (κ3) is 3.60. The molecule has 0 bridgehead atoms. The van der Waals surface area contributed by atoms with Crippen LogP contribution in [0.1, 0.15) is 20.8 Å². The Kier molecular flexibility index (Phi) is 5.48. The first-order valence-corrected chi connectivity index (χ1v) is 4.68. The summed E-state index contributed by atoms with van der Waals surface area (Å²) < 4.78 is 5.35. The first-order chi connectivity index (χ1) is 5.96. The quantitative estimate of drug-likeness (QED) is 0.463. The minimum absolute atomic E-state index is 0.01000. The van der Waals surface area contributed by atoms with Crippen LogP contribution in [0.4, 0.5) is 0 Å². The number of hydrogen-bond donors (Lipinski definition) is 2. The van der Waals surface area contributed by atoms with E-state index in [9.17, 15) is 0 Å². The number of hydrazine groups is 1. The Morgan fingerprint density at radius 3 is 2.31 bits per heavy atom. The summed E-state index contributed by atoms with van der Waals surface area (Å²) in [5.74, 6) is 5.48. The van der Waals surface area contributed by atoms with Crippen LogP contribution in [0.3, 0.4) is 0 Å². The minimum Gasteiger partial charge on any atom is -0.380 e. The second-order valence-corrected chi connectivity index (χ2v) is 3.93. The summed E-state index contributed by atoms with van der Waals surface area (Å²) in [6, 6.07) is 0.141. The van der Waals surface area contributed by atoms with Gasteiger partial charge in [-0.05, 0) is 34.9 Å². The fraction of sp³-hybridized carbons (Fsp3) is 1.00. The zero-order valence-corrected chi connectivity index (χ0v) is 9.42. The zero-order chi connectivity index (χ0) is 10.5. The summed E-state index contributed by atoms with van der Waals surface area (Å²) in [5, 5.41) is 0. The third-order valence-electron chi connectivity index (χ3n) is 2.70. The lowest BCUT2D eigenvalue weighted by molar-refractivity contribution is 0.0534. The number of rotatable bonds is 6. The second kappa shape index (κ2) is 5.54. The van der Waals surface area contributed by atoms with Crippen molar-refractivity contribution < 1.29 is 4.74 Å². The topological polar surface area (TPSA) is 50.5 Å². The van der Waals surface area contributed by atoms with Crippen molar-refractivity contribution in [3.05, 3.63) is 0 Å². The maximum Gasteiger partial charge on any atom is 0.0650 e. The molecular weight excluding hydrogens is 166 g/mol. The smallest absolute Gasteiger partial charge is 0.0650 e. The van der Waals surface area contributed by atoms with Gasteiger partial charge in [0.05, 0.1) is 12.6 Å². The van der Waals surface area contributed by atoms with Gasteiger partial charge in [-0.3, -0.25) is 11.3 Å². The predicted octanol–water partition coefficient (Wildman–Crippen LogP) is 0.195. The molecule has 0 fully saturated rings. The molecule has 0 aliphatic carbocycles. The number of nitrogens with zero attached hydrogens (tertiary/aromatic N) is 1. The molecule has 0 radical (unpaired) electrons. The molecule has 3 N–H and O–H groups in total. The lowest BCUT2D eigenvalue weighted by Gasteiger charge is -2.39. The minimum atomic E-state index is -0.01000. The predicted molar refractivity (Wildman–Crippen MR) is 55.4 cm³/mol. The Bertz CT molecular complexity index is 137. The average molecular weight is 189 g/mol. The number of likely N-dealkylation sites (N-methyl/N-ethyl adjacent to an activating group) is 1. The first kappa shape index (κ1) is 12.8. The Balaban J connectivity index is 4.19. The van der Waals surface area contributed by atoms with Gasteiger partial charge in [0.1, 0.15) is 0 Å². The van der Waals surface area contributed by atoms with Crippen LogP contribution >= 0.6 is 0 Å². The Hall–Kier alpha value is -0.160. The van der Waals surface area contributed by atoms with Crippen LogP contribution in [0, 0.1) is 0 Å². The number of nitrogens with two attached hydrogens (primary N) is 1. The molecular formula is C9H23N3O. The van der Waals surface area contributed by atoms with Crippen LogP contribution in [0.5, 0.6) is 0 Å². The van der Waals surface area contributed by atoms with Crippen molar-refractivity contribution in [3.63, 3.8) is 0 Å². The van der Waals surface area contributed by atoms with Gasteiger partial charge in [0, 0.05) is 12.1 Å². The molecule has 80 valence electrons. The normalized spacial score (nSPS) is 15.0. The maximum atomic E-state index is 5.48. The summed E-state index contributed by atoms with van der Waals surface area (Å²) >= 11 is 0. The molecule has 0 rings (SSSR count). The lowest BCUT2D eigenvalue weighted by atomic mass is 9.94. The largest absolute Gasteiger partial charge is 0.380 e. The molecule has 0 saturated heterocycles. The van der Waals surface area contributed by atoms with E-state index in [4.69, 9.17) is 10.6 Å². The van der Waals surface area contributed by atoms with E-state index >= 15 is 0 Å². The van der Waals surface area contributed by atoms with Crippen molar-refractivity contribution in [2.24, 2.45) is 5.84 Å². The summed E-state index contributed by atoms with van der Waals surface area (Å²) in [5.41, 5.74) is 2.78. The highest BCUT2D eigenvalue weighted by Gasteiger charge is 2.30. The highest BCUT2D eigenvalue weighted by molar-refractivity contribution is 4.89. The van der Waals surface area contributed by atoms with Gasteiger partial charge < -0.3 is 9.64 Å². The lowest BCUT2D eigenvalue weighted by Crippen LogP contribution is -2.59. The standard InChI is InChI=1S/C9H23N3O/c1-6-13-7-8(11-10)9(2,3)12(4)5/h8,11H,6-7,10H2,1-5H3. The summed E-state index contributed by atoms with van der Waals surface area (Å²) in [4.78, 5) is 2.14. The molecule has 0 aliphatic heterocycles. The summed E-state index contributed by atoms with van der Waals surface area (Å²) in [6.07, 6.45) is 0. The zero-order valence-electron chi connectivity index (χ0n) is 9.42. The number of hydrogen-bond acceptors (Lipinski definition) is 4. The van der Waals surface area contributed by atoms with Crippen LogP contribution in [-0.4, -0.2) is 43.8 Å². The molecule has 0 saturated carbocycles. The van der Waals surface area contributed by atoms with E-state index < -0.39 is 0 Å². The van der Waals surface area contributed by atoms with Gasteiger partial charge in [-0.15, -0.1) is 0 Å². The van der Waals surface area contributed by atoms with Gasteiger partial charge in [0.15, 0.2) is 0 Å². The highest BCUT2D eigenvalue weighted by atomic mass is 16.5. The Morgan fingerprint density at radius 1 is 1.46 bits per heavy atom. The third-order valence-corrected chi connectivity index (χ3v) is 2.70. The van der Waals surface area contributed by atoms with Crippen molar-refractivity contribution in [3.8, 4) is 0 Å². The SMILES string of the molecule is CCOCC(NN)C(C)(C)N(C)C. The molecule has 0 aliphatic rings. The van der Waals surface area contributed by atoms with E-state index in [0.29, 0.717) is 6.61 Å². The molecule has 1 atom stereocenters. The van der Waals surface area contributed by atoms with Crippen LogP contribution in [0.2, 0.25) is 0 Å². The van der Waals surface area contributed by atoms with Gasteiger partial charge in [-0.25, -0.2) is 0 Å². The fourth-order valence-corrected chi connectivity index (χ4v) is 1.00. The van der Waals surface area contributed by atoms with Crippen LogP contribution in [0.25, 0.3) is 0 Å². The van der Waals surface area contributed by atoms with Crippen molar-refractivity contribution in [1.29, 1.82) is 0 Å². The Labute approximate surface area is 81.4 Å². The van der Waals surface area contributed by atoms with Gasteiger partial charge in [-0.2, -0.15) is 0 Å². The van der Waals surface area contributed by atoms with Gasteiger partial charge >= 0.3 is 0 Å². The van der Waals surface area contributed by atoms with Crippen LogP contribution < -0.4 is 11.3 Å². The molecule has 0 aromatic rings. The molecule has 0 spiro atoms. The molecule has 1 unspecified atom stereocenters. The fourth-order valence-electron chi connectivity index (χ4n) is 1.00. The molecule has 4 nitrogen and oxygen atoms in total. The highest BCUT2D eigenvalue weighted by Crippen LogP contribution is 2.15. The molecule has 0 aromatic heterocycles. The maximum absolute atomic E-state index is 5.48. The second-order valence-electron chi connectivity index (χ2n) is 3.93. The van der Waals surface area contributed by atoms with E-state index in [0.717, 1.165) is 6.61 Å². The van der Waals surface area contributed by atoms with Crippen molar-refractivity contribution >= 4 is 0 Å².